The van der Waals surface area contributed by atoms with Crippen molar-refractivity contribution in [1.82, 2.24) is 15.5 Å². The molecule has 3 aromatic rings. The molecule has 3 rings (SSSR count). The lowest BCUT2D eigenvalue weighted by Gasteiger charge is -2.05. The minimum atomic E-state index is -0.0798. The van der Waals surface area contributed by atoms with Gasteiger partial charge in [-0.25, -0.2) is 0 Å². The predicted molar refractivity (Wildman–Crippen MR) is 99.9 cm³/mol. The smallest absolute Gasteiger partial charge is 0.230 e. The maximum absolute atomic E-state index is 11.9. The standard InChI is InChI=1S/C19H19N3O3S/c1-2-24-15-7-5-14(6-8-15)17-9-10-19(22-21-17)26-13-18(23)20-12-16-4-3-11-25-16/h3-11H,2,12-13H2,1H3,(H,20,23). The number of carbonyl (C=O) groups excluding carboxylic acids is 1. The van der Waals surface area contributed by atoms with Gasteiger partial charge in [-0.15, -0.1) is 10.2 Å². The molecule has 0 saturated heterocycles. The Morgan fingerprint density at radius 1 is 1.15 bits per heavy atom. The summed E-state index contributed by atoms with van der Waals surface area (Å²) in [6.45, 7) is 2.97. The number of hydrogen-bond donors (Lipinski definition) is 1. The van der Waals surface area contributed by atoms with Crippen LogP contribution in [0.2, 0.25) is 0 Å². The first-order valence-corrected chi connectivity index (χ1v) is 9.22. The van der Waals surface area contributed by atoms with E-state index in [1.807, 2.05) is 49.4 Å². The van der Waals surface area contributed by atoms with Crippen LogP contribution in [-0.4, -0.2) is 28.5 Å². The Balaban J connectivity index is 1.50. The quantitative estimate of drug-likeness (QED) is 0.612. The van der Waals surface area contributed by atoms with Crippen LogP contribution in [0.3, 0.4) is 0 Å². The molecule has 0 bridgehead atoms. The first-order valence-electron chi connectivity index (χ1n) is 8.23. The first-order chi connectivity index (χ1) is 12.7. The fourth-order valence-corrected chi connectivity index (χ4v) is 2.87. The maximum atomic E-state index is 11.9. The van der Waals surface area contributed by atoms with Crippen molar-refractivity contribution in [2.24, 2.45) is 0 Å². The Morgan fingerprint density at radius 2 is 2.00 bits per heavy atom. The summed E-state index contributed by atoms with van der Waals surface area (Å²) in [5.41, 5.74) is 1.74. The predicted octanol–water partition coefficient (Wildman–Crippen LogP) is 3.54. The van der Waals surface area contributed by atoms with Crippen LogP contribution in [0.4, 0.5) is 0 Å². The van der Waals surface area contributed by atoms with Gasteiger partial charge in [0.2, 0.25) is 5.91 Å². The Hall–Kier alpha value is -2.80. The van der Waals surface area contributed by atoms with Gasteiger partial charge >= 0.3 is 0 Å². The second-order valence-electron chi connectivity index (χ2n) is 5.36. The molecule has 0 unspecified atom stereocenters. The van der Waals surface area contributed by atoms with E-state index in [9.17, 15) is 4.79 Å². The Kier molecular flexibility index (Phi) is 6.27. The van der Waals surface area contributed by atoms with Gasteiger partial charge < -0.3 is 14.5 Å². The topological polar surface area (TPSA) is 77.2 Å². The van der Waals surface area contributed by atoms with Gasteiger partial charge in [-0.05, 0) is 55.5 Å². The number of benzene rings is 1. The van der Waals surface area contributed by atoms with E-state index in [-0.39, 0.29) is 11.7 Å². The lowest BCUT2D eigenvalue weighted by Crippen LogP contribution is -2.24. The largest absolute Gasteiger partial charge is 0.494 e. The highest BCUT2D eigenvalue weighted by Crippen LogP contribution is 2.22. The lowest BCUT2D eigenvalue weighted by atomic mass is 10.1. The van der Waals surface area contributed by atoms with Crippen LogP contribution in [0.25, 0.3) is 11.3 Å². The number of furan rings is 1. The summed E-state index contributed by atoms with van der Waals surface area (Å²) in [5, 5.41) is 11.9. The Labute approximate surface area is 156 Å². The number of nitrogens with one attached hydrogen (secondary N) is 1. The molecule has 26 heavy (non-hydrogen) atoms. The van der Waals surface area contributed by atoms with Crippen molar-refractivity contribution in [3.63, 3.8) is 0 Å². The number of thioether (sulfide) groups is 1. The van der Waals surface area contributed by atoms with Crippen LogP contribution in [-0.2, 0) is 11.3 Å². The van der Waals surface area contributed by atoms with Crippen LogP contribution < -0.4 is 10.1 Å². The minimum Gasteiger partial charge on any atom is -0.494 e. The van der Waals surface area contributed by atoms with Gasteiger partial charge in [0.25, 0.3) is 0 Å². The van der Waals surface area contributed by atoms with Crippen molar-refractivity contribution in [1.29, 1.82) is 0 Å². The fraction of sp³-hybridized carbons (Fsp3) is 0.211. The van der Waals surface area contributed by atoms with Gasteiger partial charge in [0, 0.05) is 5.56 Å². The molecule has 0 aliphatic carbocycles. The second-order valence-corrected chi connectivity index (χ2v) is 6.35. The third-order valence-electron chi connectivity index (χ3n) is 3.49. The van der Waals surface area contributed by atoms with E-state index in [2.05, 4.69) is 15.5 Å². The molecule has 6 nitrogen and oxygen atoms in total. The highest BCUT2D eigenvalue weighted by molar-refractivity contribution is 7.99. The van der Waals surface area contributed by atoms with E-state index < -0.39 is 0 Å². The van der Waals surface area contributed by atoms with Crippen molar-refractivity contribution in [2.75, 3.05) is 12.4 Å². The van der Waals surface area contributed by atoms with Gasteiger partial charge in [0.05, 0.1) is 30.9 Å². The Bertz CT molecular complexity index is 818. The lowest BCUT2D eigenvalue weighted by molar-refractivity contribution is -0.118. The molecule has 2 aromatic heterocycles. The van der Waals surface area contributed by atoms with Crippen LogP contribution in [0.5, 0.6) is 5.75 Å². The normalized spacial score (nSPS) is 10.5. The molecule has 134 valence electrons. The molecule has 0 atom stereocenters. The number of nitrogens with zero attached hydrogens (tertiary/aromatic N) is 2. The van der Waals surface area contributed by atoms with Gasteiger partial charge in [0.15, 0.2) is 0 Å². The number of carbonyl (C=O) groups is 1. The van der Waals surface area contributed by atoms with Crippen LogP contribution >= 0.6 is 11.8 Å². The summed E-state index contributed by atoms with van der Waals surface area (Å²) < 4.78 is 10.6. The average molecular weight is 369 g/mol. The molecule has 1 amide bonds. The third kappa shape index (κ3) is 5.10. The van der Waals surface area contributed by atoms with Gasteiger partial charge in [-0.1, -0.05) is 11.8 Å². The minimum absolute atomic E-state index is 0.0798. The van der Waals surface area contributed by atoms with E-state index >= 15 is 0 Å². The zero-order valence-corrected chi connectivity index (χ0v) is 15.2. The summed E-state index contributed by atoms with van der Waals surface area (Å²) in [6.07, 6.45) is 1.58. The van der Waals surface area contributed by atoms with E-state index in [4.69, 9.17) is 9.15 Å². The summed E-state index contributed by atoms with van der Waals surface area (Å²) in [7, 11) is 0. The number of rotatable bonds is 8. The van der Waals surface area contributed by atoms with Crippen molar-refractivity contribution in [3.05, 3.63) is 60.6 Å². The molecule has 1 aromatic carbocycles. The summed E-state index contributed by atoms with van der Waals surface area (Å²) in [6, 6.07) is 15.1. The molecular weight excluding hydrogens is 350 g/mol. The van der Waals surface area contributed by atoms with Crippen LogP contribution in [0, 0.1) is 0 Å². The number of ether oxygens (including phenoxy) is 1. The SMILES string of the molecule is CCOc1ccc(-c2ccc(SCC(=O)NCc3ccco3)nn2)cc1. The zero-order valence-electron chi connectivity index (χ0n) is 14.3. The number of amides is 1. The third-order valence-corrected chi connectivity index (χ3v) is 4.41. The average Bonchev–Trinajstić information content (AvgIpc) is 3.20. The molecule has 0 saturated carbocycles. The van der Waals surface area contributed by atoms with Crippen molar-refractivity contribution >= 4 is 17.7 Å². The van der Waals surface area contributed by atoms with E-state index in [1.54, 1.807) is 12.3 Å². The summed E-state index contributed by atoms with van der Waals surface area (Å²) in [4.78, 5) is 11.9. The van der Waals surface area contributed by atoms with Gasteiger partial charge in [-0.3, -0.25) is 4.79 Å². The fourth-order valence-electron chi connectivity index (χ4n) is 2.23. The number of aromatic nitrogens is 2. The summed E-state index contributed by atoms with van der Waals surface area (Å²) in [5.74, 6) is 1.75. The van der Waals surface area contributed by atoms with Gasteiger partial charge in [-0.2, -0.15) is 0 Å². The molecule has 0 fully saturated rings. The van der Waals surface area contributed by atoms with Crippen molar-refractivity contribution in [3.8, 4) is 17.0 Å². The molecule has 0 radical (unpaired) electrons. The van der Waals surface area contributed by atoms with E-state index in [0.717, 1.165) is 22.8 Å². The zero-order chi connectivity index (χ0) is 18.2. The molecule has 7 heteroatoms. The highest BCUT2D eigenvalue weighted by Gasteiger charge is 2.06. The molecule has 0 spiro atoms. The molecule has 2 heterocycles. The van der Waals surface area contributed by atoms with Crippen LogP contribution in [0.1, 0.15) is 12.7 Å². The van der Waals surface area contributed by atoms with Crippen LogP contribution in [0.15, 0.2) is 64.2 Å². The number of hydrogen-bond acceptors (Lipinski definition) is 6. The molecular formula is C19H19N3O3S. The highest BCUT2D eigenvalue weighted by atomic mass is 32.2. The van der Waals surface area contributed by atoms with Gasteiger partial charge in [0.1, 0.15) is 16.5 Å². The maximum Gasteiger partial charge on any atom is 0.230 e. The van der Waals surface area contributed by atoms with Crippen molar-refractivity contribution in [2.45, 2.75) is 18.5 Å². The first kappa shape index (κ1) is 18.0. The molecule has 0 aliphatic heterocycles. The molecule has 1 N–H and O–H groups in total. The van der Waals surface area contributed by atoms with Crippen molar-refractivity contribution < 1.29 is 13.9 Å². The van der Waals surface area contributed by atoms with E-state index in [1.165, 1.54) is 11.8 Å². The Morgan fingerprint density at radius 3 is 2.65 bits per heavy atom. The van der Waals surface area contributed by atoms with E-state index in [0.29, 0.717) is 18.2 Å². The second kappa shape index (κ2) is 9.05. The summed E-state index contributed by atoms with van der Waals surface area (Å²) >= 11 is 1.34. The monoisotopic (exact) mass is 369 g/mol. The molecule has 0 aliphatic rings.